The zero-order valence-corrected chi connectivity index (χ0v) is 11.2. The Bertz CT molecular complexity index is 321. The summed E-state index contributed by atoms with van der Waals surface area (Å²) in [6.45, 7) is 1.55. The molecule has 0 amide bonds. The molecule has 0 aromatic rings. The first-order chi connectivity index (χ1) is 7.80. The Balaban J connectivity index is 0.000000284. The van der Waals surface area contributed by atoms with Crippen molar-refractivity contribution in [2.45, 2.75) is 39.0 Å². The first-order valence-corrected chi connectivity index (χ1v) is 5.81. The molecule has 17 heavy (non-hydrogen) atoms. The molecule has 0 saturated heterocycles. The van der Waals surface area contributed by atoms with Crippen molar-refractivity contribution in [2.24, 2.45) is 0 Å². The van der Waals surface area contributed by atoms with Gasteiger partial charge in [-0.25, -0.2) is 12.2 Å². The molecule has 0 bridgehead atoms. The first-order valence-electron chi connectivity index (χ1n) is 5.81. The number of carbonyl (C=O) groups is 1. The summed E-state index contributed by atoms with van der Waals surface area (Å²) in [5.41, 5.74) is 0.727. The Morgan fingerprint density at radius 1 is 1.29 bits per heavy atom. The van der Waals surface area contributed by atoms with Gasteiger partial charge in [0.2, 0.25) is 0 Å². The quantitative estimate of drug-likeness (QED) is 0.665. The van der Waals surface area contributed by atoms with Gasteiger partial charge in [-0.3, -0.25) is 6.08 Å². The van der Waals surface area contributed by atoms with E-state index >= 15 is 0 Å². The van der Waals surface area contributed by atoms with Gasteiger partial charge in [0.1, 0.15) is 0 Å². The van der Waals surface area contributed by atoms with Gasteiger partial charge in [-0.05, 0) is 6.92 Å². The average molecular weight is 273 g/mol. The van der Waals surface area contributed by atoms with E-state index in [0.717, 1.165) is 18.4 Å². The number of ketones is 1. The molecule has 0 fully saturated rings. The molecule has 0 unspecified atom stereocenters. The van der Waals surface area contributed by atoms with Gasteiger partial charge >= 0.3 is 16.8 Å². The van der Waals surface area contributed by atoms with Gasteiger partial charge in [-0.2, -0.15) is 23.8 Å². The third kappa shape index (κ3) is 7.94. The van der Waals surface area contributed by atoms with Gasteiger partial charge in [0.25, 0.3) is 0 Å². The van der Waals surface area contributed by atoms with E-state index in [9.17, 15) is 4.79 Å². The van der Waals surface area contributed by atoms with Crippen LogP contribution in [0, 0.1) is 12.2 Å². The summed E-state index contributed by atoms with van der Waals surface area (Å²) in [6, 6.07) is 0. The van der Waals surface area contributed by atoms with Crippen molar-refractivity contribution in [3.8, 4) is 0 Å². The molecule has 93 valence electrons. The van der Waals surface area contributed by atoms with Crippen LogP contribution in [0.4, 0.5) is 0 Å². The fraction of sp³-hybridized carbons (Fsp3) is 0.400. The second kappa shape index (κ2) is 10.3. The Morgan fingerprint density at radius 2 is 2.12 bits per heavy atom. The Hall–Kier alpha value is -0.864. The smallest absolute Gasteiger partial charge is 0.371 e. The molecular weight excluding hydrogens is 255 g/mol. The van der Waals surface area contributed by atoms with Crippen molar-refractivity contribution in [1.29, 1.82) is 0 Å². The minimum Gasteiger partial charge on any atom is -0.371 e. The van der Waals surface area contributed by atoms with Crippen molar-refractivity contribution in [3.05, 3.63) is 48.1 Å². The molecule has 0 saturated carbocycles. The molecular formula is C15H18CoO. The second-order valence-corrected chi connectivity index (χ2v) is 3.80. The normalized spacial score (nSPS) is 17.1. The number of rotatable bonds is 1. The van der Waals surface area contributed by atoms with E-state index in [1.54, 1.807) is 6.92 Å². The van der Waals surface area contributed by atoms with Crippen LogP contribution in [-0.2, 0) is 21.6 Å². The first kappa shape index (κ1) is 16.1. The van der Waals surface area contributed by atoms with Crippen molar-refractivity contribution in [3.63, 3.8) is 0 Å². The number of hydrogen-bond acceptors (Lipinski definition) is 1. The monoisotopic (exact) mass is 273 g/mol. The van der Waals surface area contributed by atoms with Gasteiger partial charge in [0.05, 0.1) is 0 Å². The van der Waals surface area contributed by atoms with Crippen LogP contribution in [0.5, 0.6) is 0 Å². The van der Waals surface area contributed by atoms with Crippen LogP contribution < -0.4 is 0 Å². The molecule has 0 aliphatic heterocycles. The summed E-state index contributed by atoms with van der Waals surface area (Å²) in [6.07, 6.45) is 21.9. The minimum atomic E-state index is 0. The molecule has 2 aliphatic carbocycles. The van der Waals surface area contributed by atoms with Crippen LogP contribution in [0.25, 0.3) is 0 Å². The molecule has 2 rings (SSSR count). The third-order valence-corrected chi connectivity index (χ3v) is 2.37. The fourth-order valence-corrected chi connectivity index (χ4v) is 1.45. The van der Waals surface area contributed by atoms with E-state index in [1.807, 2.05) is 18.2 Å². The minimum absolute atomic E-state index is 0. The molecule has 0 spiro atoms. The van der Waals surface area contributed by atoms with Crippen molar-refractivity contribution >= 4 is 5.78 Å². The molecule has 2 heteroatoms. The molecule has 1 nitrogen and oxygen atoms in total. The largest absolute Gasteiger partial charge is 2.00 e. The van der Waals surface area contributed by atoms with Crippen LogP contribution in [0.2, 0.25) is 0 Å². The molecule has 0 aromatic heterocycles. The van der Waals surface area contributed by atoms with Gasteiger partial charge in [-0.15, -0.1) is 12.5 Å². The zero-order chi connectivity index (χ0) is 11.6. The SMILES string of the molecule is CC(=O)C1=[C-]CC=C1.[C-]1=CC=CCCCC1.[Co+2]. The molecule has 2 aliphatic rings. The molecule has 0 N–H and O–H groups in total. The van der Waals surface area contributed by atoms with E-state index < -0.39 is 0 Å². The van der Waals surface area contributed by atoms with E-state index in [2.05, 4.69) is 24.3 Å². The summed E-state index contributed by atoms with van der Waals surface area (Å²) >= 11 is 0. The summed E-state index contributed by atoms with van der Waals surface area (Å²) < 4.78 is 0. The van der Waals surface area contributed by atoms with Gasteiger partial charge in [-0.1, -0.05) is 25.7 Å². The van der Waals surface area contributed by atoms with E-state index in [0.29, 0.717) is 0 Å². The summed E-state index contributed by atoms with van der Waals surface area (Å²) in [5.74, 6) is 0.110. The van der Waals surface area contributed by atoms with Gasteiger partial charge in [0.15, 0.2) is 0 Å². The topological polar surface area (TPSA) is 17.1 Å². The predicted molar refractivity (Wildman–Crippen MR) is 66.6 cm³/mol. The second-order valence-electron chi connectivity index (χ2n) is 3.80. The standard InChI is InChI=1S/C8H11.C7H7O.Co/c1-2-4-6-8-7-5-3-1;1-6(8)7-4-2-3-5-7;/h1-3H,4,6-8H2;2,4H,3H2,1H3;/q2*-1;+2. The van der Waals surface area contributed by atoms with E-state index in [-0.39, 0.29) is 22.6 Å². The Labute approximate surface area is 115 Å². The molecule has 1 radical (unpaired) electrons. The number of allylic oxidation sites excluding steroid dienone is 8. The average Bonchev–Trinajstić information content (AvgIpc) is 2.69. The van der Waals surface area contributed by atoms with E-state index in [4.69, 9.17) is 0 Å². The van der Waals surface area contributed by atoms with Crippen molar-refractivity contribution < 1.29 is 21.6 Å². The summed E-state index contributed by atoms with van der Waals surface area (Å²) in [5, 5.41) is 0. The maximum atomic E-state index is 10.5. The summed E-state index contributed by atoms with van der Waals surface area (Å²) in [7, 11) is 0. The van der Waals surface area contributed by atoms with Crippen LogP contribution in [0.3, 0.4) is 0 Å². The van der Waals surface area contributed by atoms with Gasteiger partial charge < -0.3 is 4.79 Å². The fourth-order valence-electron chi connectivity index (χ4n) is 1.45. The van der Waals surface area contributed by atoms with Crippen molar-refractivity contribution in [1.82, 2.24) is 0 Å². The van der Waals surface area contributed by atoms with Crippen LogP contribution in [0.1, 0.15) is 39.0 Å². The van der Waals surface area contributed by atoms with Crippen LogP contribution in [0.15, 0.2) is 36.0 Å². The van der Waals surface area contributed by atoms with Crippen LogP contribution in [-0.4, -0.2) is 5.78 Å². The molecule has 0 atom stereocenters. The zero-order valence-electron chi connectivity index (χ0n) is 10.2. The number of Topliss-reactive ketones (excluding diaryl/α,β-unsaturated/α-hetero) is 1. The Kier molecular flexibility index (Phi) is 9.78. The van der Waals surface area contributed by atoms with Crippen LogP contribution >= 0.6 is 0 Å². The maximum absolute atomic E-state index is 10.5. The number of carbonyl (C=O) groups excluding carboxylic acids is 1. The Morgan fingerprint density at radius 3 is 2.71 bits per heavy atom. The van der Waals surface area contributed by atoms with E-state index in [1.165, 1.54) is 19.3 Å². The molecule has 0 aromatic carbocycles. The number of hydrogen-bond donors (Lipinski definition) is 0. The maximum Gasteiger partial charge on any atom is 2.00 e. The predicted octanol–water partition coefficient (Wildman–Crippen LogP) is 3.74. The van der Waals surface area contributed by atoms with Crippen molar-refractivity contribution in [2.75, 3.05) is 0 Å². The van der Waals surface area contributed by atoms with Gasteiger partial charge in [0, 0.05) is 5.78 Å². The molecule has 0 heterocycles. The summed E-state index contributed by atoms with van der Waals surface area (Å²) in [4.78, 5) is 10.5. The third-order valence-electron chi connectivity index (χ3n) is 2.37.